The Balaban J connectivity index is 1.47. The minimum atomic E-state index is -0.292. The maximum absolute atomic E-state index is 12.5. The lowest BCUT2D eigenvalue weighted by Crippen LogP contribution is -2.34. The first-order valence-corrected chi connectivity index (χ1v) is 8.66. The molecule has 0 bridgehead atoms. The smallest absolute Gasteiger partial charge is 0.275 e. The fraction of sp³-hybridized carbons (Fsp3) is 0.150. The van der Waals surface area contributed by atoms with Gasteiger partial charge in [0.2, 0.25) is 5.91 Å². The molecule has 0 atom stereocenters. The van der Waals surface area contributed by atoms with Crippen LogP contribution in [0.3, 0.4) is 0 Å². The van der Waals surface area contributed by atoms with E-state index >= 15 is 0 Å². The Morgan fingerprint density at radius 1 is 1.18 bits per heavy atom. The van der Waals surface area contributed by atoms with Crippen molar-refractivity contribution in [3.05, 3.63) is 77.2 Å². The van der Waals surface area contributed by atoms with E-state index in [4.69, 9.17) is 4.52 Å². The molecule has 3 heterocycles. The minimum Gasteiger partial charge on any atom is -0.359 e. The van der Waals surface area contributed by atoms with Gasteiger partial charge in [-0.2, -0.15) is 5.10 Å². The zero-order valence-corrected chi connectivity index (χ0v) is 15.1. The van der Waals surface area contributed by atoms with E-state index in [1.54, 1.807) is 43.8 Å². The summed E-state index contributed by atoms with van der Waals surface area (Å²) < 4.78 is 6.49. The average molecular weight is 375 g/mol. The van der Waals surface area contributed by atoms with Crippen LogP contribution in [0.5, 0.6) is 0 Å². The molecule has 1 amide bonds. The number of amides is 1. The van der Waals surface area contributed by atoms with E-state index in [1.165, 1.54) is 9.58 Å². The summed E-state index contributed by atoms with van der Waals surface area (Å²) in [6.45, 7) is 0.0881. The second kappa shape index (κ2) is 7.43. The number of benzene rings is 1. The summed E-state index contributed by atoms with van der Waals surface area (Å²) in [4.78, 5) is 30.5. The van der Waals surface area contributed by atoms with E-state index in [0.29, 0.717) is 16.8 Å². The highest BCUT2D eigenvalue weighted by Gasteiger charge is 2.15. The van der Waals surface area contributed by atoms with Gasteiger partial charge in [-0.1, -0.05) is 23.4 Å². The summed E-state index contributed by atoms with van der Waals surface area (Å²) >= 11 is 0. The van der Waals surface area contributed by atoms with E-state index in [1.807, 2.05) is 24.3 Å². The van der Waals surface area contributed by atoms with Gasteiger partial charge in [-0.25, -0.2) is 4.68 Å². The van der Waals surface area contributed by atoms with E-state index in [2.05, 4.69) is 15.2 Å². The van der Waals surface area contributed by atoms with Crippen LogP contribution >= 0.6 is 0 Å². The number of rotatable bonds is 5. The predicted octanol–water partition coefficient (Wildman–Crippen LogP) is 2.11. The number of likely N-dealkylation sites (N-methyl/N-ethyl adjacent to an activating group) is 1. The molecule has 140 valence electrons. The summed E-state index contributed by atoms with van der Waals surface area (Å²) in [6.07, 6.45) is 4.93. The number of hydrogen-bond donors (Lipinski definition) is 0. The van der Waals surface area contributed by atoms with Gasteiger partial charge >= 0.3 is 0 Å². The fourth-order valence-electron chi connectivity index (χ4n) is 2.86. The van der Waals surface area contributed by atoms with Crippen molar-refractivity contribution in [2.75, 3.05) is 7.05 Å². The predicted molar refractivity (Wildman–Crippen MR) is 102 cm³/mol. The molecule has 0 saturated carbocycles. The molecule has 0 fully saturated rings. The van der Waals surface area contributed by atoms with Gasteiger partial charge in [0.25, 0.3) is 5.56 Å². The van der Waals surface area contributed by atoms with E-state index in [-0.39, 0.29) is 24.6 Å². The van der Waals surface area contributed by atoms with Gasteiger partial charge in [-0.05, 0) is 18.2 Å². The lowest BCUT2D eigenvalue weighted by atomic mass is 10.2. The van der Waals surface area contributed by atoms with Crippen LogP contribution in [-0.2, 0) is 17.9 Å². The number of hydrogen-bond acceptors (Lipinski definition) is 6. The van der Waals surface area contributed by atoms with Crippen LogP contribution in [0.15, 0.2) is 70.4 Å². The first-order valence-electron chi connectivity index (χ1n) is 8.66. The van der Waals surface area contributed by atoms with Crippen LogP contribution in [0.2, 0.25) is 0 Å². The molecule has 4 aromatic rings. The first kappa shape index (κ1) is 17.6. The van der Waals surface area contributed by atoms with Crippen LogP contribution < -0.4 is 5.56 Å². The molecular formula is C20H17N5O3. The quantitative estimate of drug-likeness (QED) is 0.530. The molecule has 4 rings (SSSR count). The summed E-state index contributed by atoms with van der Waals surface area (Å²) in [5, 5.41) is 9.40. The summed E-state index contributed by atoms with van der Waals surface area (Å²) in [5.74, 6) is 0.285. The van der Waals surface area contributed by atoms with Crippen LogP contribution in [-0.4, -0.2) is 37.8 Å². The van der Waals surface area contributed by atoms with Crippen molar-refractivity contribution >= 4 is 16.7 Å². The summed E-state index contributed by atoms with van der Waals surface area (Å²) in [6, 6.07) is 12.6. The summed E-state index contributed by atoms with van der Waals surface area (Å²) in [5.41, 5.74) is 1.26. The molecule has 8 heteroatoms. The third-order valence-corrected chi connectivity index (χ3v) is 4.40. The van der Waals surface area contributed by atoms with Crippen molar-refractivity contribution in [2.45, 2.75) is 13.1 Å². The van der Waals surface area contributed by atoms with Gasteiger partial charge in [0.15, 0.2) is 5.76 Å². The van der Waals surface area contributed by atoms with Gasteiger partial charge < -0.3 is 9.42 Å². The average Bonchev–Trinajstić information content (AvgIpc) is 3.19. The second-order valence-electron chi connectivity index (χ2n) is 6.36. The Kier molecular flexibility index (Phi) is 4.67. The van der Waals surface area contributed by atoms with Gasteiger partial charge in [-0.15, -0.1) is 0 Å². The molecule has 0 N–H and O–H groups in total. The largest absolute Gasteiger partial charge is 0.359 e. The Labute approximate surface area is 160 Å². The summed E-state index contributed by atoms with van der Waals surface area (Å²) in [7, 11) is 1.64. The number of aromatic nitrogens is 4. The molecule has 1 aromatic carbocycles. The van der Waals surface area contributed by atoms with Crippen molar-refractivity contribution in [3.8, 4) is 11.3 Å². The highest BCUT2D eigenvalue weighted by atomic mass is 16.5. The second-order valence-corrected chi connectivity index (χ2v) is 6.36. The molecule has 0 saturated heterocycles. The molecule has 3 aromatic heterocycles. The monoisotopic (exact) mass is 375 g/mol. The maximum Gasteiger partial charge on any atom is 0.275 e. The molecular weight excluding hydrogens is 358 g/mol. The molecule has 0 aliphatic carbocycles. The molecule has 28 heavy (non-hydrogen) atoms. The highest BCUT2D eigenvalue weighted by molar-refractivity contribution is 5.81. The zero-order chi connectivity index (χ0) is 19.5. The molecule has 0 aliphatic rings. The van der Waals surface area contributed by atoms with Crippen LogP contribution in [0.4, 0.5) is 0 Å². The normalized spacial score (nSPS) is 10.9. The minimum absolute atomic E-state index is 0.147. The molecule has 0 radical (unpaired) electrons. The molecule has 0 aliphatic heterocycles. The van der Waals surface area contributed by atoms with Crippen LogP contribution in [0.25, 0.3) is 22.0 Å². The van der Waals surface area contributed by atoms with E-state index < -0.39 is 0 Å². The number of carbonyl (C=O) groups is 1. The third kappa shape index (κ3) is 3.52. The van der Waals surface area contributed by atoms with E-state index in [9.17, 15) is 9.59 Å². The fourth-order valence-corrected chi connectivity index (χ4v) is 2.86. The van der Waals surface area contributed by atoms with Crippen molar-refractivity contribution in [1.29, 1.82) is 0 Å². The number of nitrogens with zero attached hydrogens (tertiary/aromatic N) is 5. The molecule has 0 unspecified atom stereocenters. The first-order chi connectivity index (χ1) is 13.6. The molecule has 8 nitrogen and oxygen atoms in total. The SMILES string of the molecule is CN(Cc1cc(-c2ccncc2)no1)C(=O)Cn1ncc2ccccc2c1=O. The maximum atomic E-state index is 12.5. The van der Waals surface area contributed by atoms with Crippen molar-refractivity contribution in [2.24, 2.45) is 0 Å². The van der Waals surface area contributed by atoms with Gasteiger partial charge in [0, 0.05) is 36.5 Å². The topological polar surface area (TPSA) is 94.1 Å². The lowest BCUT2D eigenvalue weighted by molar-refractivity contribution is -0.131. The van der Waals surface area contributed by atoms with Crippen LogP contribution in [0, 0.1) is 0 Å². The van der Waals surface area contributed by atoms with Gasteiger partial charge in [0.1, 0.15) is 12.2 Å². The lowest BCUT2D eigenvalue weighted by Gasteiger charge is -2.15. The Morgan fingerprint density at radius 3 is 2.79 bits per heavy atom. The number of fused-ring (bicyclic) bond motifs is 1. The Bertz CT molecular complexity index is 1180. The van der Waals surface area contributed by atoms with Crippen molar-refractivity contribution in [1.82, 2.24) is 24.8 Å². The molecule has 0 spiro atoms. The third-order valence-electron chi connectivity index (χ3n) is 4.40. The number of carbonyl (C=O) groups excluding carboxylic acids is 1. The number of pyridine rings is 1. The van der Waals surface area contributed by atoms with E-state index in [0.717, 1.165) is 10.9 Å². The Hall–Kier alpha value is -3.81. The van der Waals surface area contributed by atoms with Crippen molar-refractivity contribution < 1.29 is 9.32 Å². The van der Waals surface area contributed by atoms with Gasteiger partial charge in [0.05, 0.1) is 18.1 Å². The Morgan fingerprint density at radius 2 is 1.96 bits per heavy atom. The van der Waals surface area contributed by atoms with Crippen LogP contribution in [0.1, 0.15) is 5.76 Å². The van der Waals surface area contributed by atoms with Crippen molar-refractivity contribution in [3.63, 3.8) is 0 Å². The van der Waals surface area contributed by atoms with Gasteiger partial charge in [-0.3, -0.25) is 14.6 Å². The standard InChI is InChI=1S/C20H17N5O3/c1-24(12-16-10-18(23-28-16)14-6-8-21-9-7-14)19(26)13-25-20(27)17-5-3-2-4-15(17)11-22-25/h2-11H,12-13H2,1H3. The highest BCUT2D eigenvalue weighted by Crippen LogP contribution is 2.18. The zero-order valence-electron chi connectivity index (χ0n) is 15.1.